The van der Waals surface area contributed by atoms with Crippen molar-refractivity contribution in [2.45, 2.75) is 24.8 Å². The van der Waals surface area contributed by atoms with E-state index in [2.05, 4.69) is 5.32 Å². The Morgan fingerprint density at radius 1 is 1.33 bits per heavy atom. The van der Waals surface area contributed by atoms with Gasteiger partial charge in [0.15, 0.2) is 0 Å². The summed E-state index contributed by atoms with van der Waals surface area (Å²) < 4.78 is 22.6. The van der Waals surface area contributed by atoms with Crippen molar-refractivity contribution in [3.8, 4) is 0 Å². The third kappa shape index (κ3) is 3.35. The van der Waals surface area contributed by atoms with Gasteiger partial charge < -0.3 is 5.32 Å². The fourth-order valence-electron chi connectivity index (χ4n) is 1.30. The number of primary sulfonamides is 1. The van der Waals surface area contributed by atoms with E-state index in [1.807, 2.05) is 0 Å². The van der Waals surface area contributed by atoms with Gasteiger partial charge in [-0.2, -0.15) is 0 Å². The van der Waals surface area contributed by atoms with Crippen LogP contribution in [0.5, 0.6) is 0 Å². The Bertz CT molecular complexity index is 585. The minimum absolute atomic E-state index is 0.0607. The third-order valence-corrected chi connectivity index (χ3v) is 3.78. The van der Waals surface area contributed by atoms with Gasteiger partial charge in [0.1, 0.15) is 4.90 Å². The predicted octanol–water partition coefficient (Wildman–Crippen LogP) is 1.78. The lowest BCUT2D eigenvalue weighted by Gasteiger charge is -2.12. The number of nitrogens with two attached hydrogens (primary N) is 1. The van der Waals surface area contributed by atoms with Crippen LogP contribution < -0.4 is 10.5 Å². The molecule has 0 aliphatic rings. The maximum atomic E-state index is 11.9. The van der Waals surface area contributed by atoms with Gasteiger partial charge in [0.2, 0.25) is 10.0 Å². The van der Waals surface area contributed by atoms with E-state index in [0.717, 1.165) is 6.07 Å². The highest BCUT2D eigenvalue weighted by Gasteiger charge is 2.22. The molecule has 1 amide bonds. The molecule has 5 nitrogen and oxygen atoms in total. The molecule has 3 N–H and O–H groups in total. The molecule has 0 radical (unpaired) electrons. The highest BCUT2D eigenvalue weighted by Crippen LogP contribution is 2.30. The summed E-state index contributed by atoms with van der Waals surface area (Å²) in [6.07, 6.45) is 0. The van der Waals surface area contributed by atoms with Crippen LogP contribution in [0.25, 0.3) is 0 Å². The number of amides is 1. The first kappa shape index (κ1) is 15.2. The van der Waals surface area contributed by atoms with Gasteiger partial charge in [0, 0.05) is 6.04 Å². The van der Waals surface area contributed by atoms with Gasteiger partial charge in [-0.15, -0.1) is 0 Å². The maximum Gasteiger partial charge on any atom is 0.254 e. The minimum Gasteiger partial charge on any atom is -0.350 e. The summed E-state index contributed by atoms with van der Waals surface area (Å²) in [4.78, 5) is 11.5. The van der Waals surface area contributed by atoms with Crippen molar-refractivity contribution in [2.24, 2.45) is 5.14 Å². The summed E-state index contributed by atoms with van der Waals surface area (Å²) >= 11 is 11.7. The predicted molar refractivity (Wildman–Crippen MR) is 70.4 cm³/mol. The van der Waals surface area contributed by atoms with Gasteiger partial charge in [0.05, 0.1) is 15.6 Å². The van der Waals surface area contributed by atoms with Crippen molar-refractivity contribution in [3.63, 3.8) is 0 Å². The zero-order chi connectivity index (χ0) is 14.1. The molecule has 0 unspecified atom stereocenters. The SMILES string of the molecule is CC(C)NC(=O)c1c(Cl)ccc(S(N)(=O)=O)c1Cl. The number of hydrogen-bond donors (Lipinski definition) is 2. The summed E-state index contributed by atoms with van der Waals surface area (Å²) in [6, 6.07) is 2.29. The highest BCUT2D eigenvalue weighted by atomic mass is 35.5. The average molecular weight is 311 g/mol. The lowest BCUT2D eigenvalue weighted by molar-refractivity contribution is 0.0943. The second kappa shape index (κ2) is 5.44. The Morgan fingerprint density at radius 3 is 2.33 bits per heavy atom. The Balaban J connectivity index is 3.41. The summed E-state index contributed by atoms with van der Waals surface area (Å²) in [5.74, 6) is -0.550. The molecular weight excluding hydrogens is 299 g/mol. The maximum absolute atomic E-state index is 11.9. The molecule has 1 aromatic rings. The minimum atomic E-state index is -4.01. The summed E-state index contributed by atoms with van der Waals surface area (Å²) in [7, 11) is -4.01. The van der Waals surface area contributed by atoms with E-state index in [1.54, 1.807) is 13.8 Å². The van der Waals surface area contributed by atoms with E-state index in [4.69, 9.17) is 28.3 Å². The van der Waals surface area contributed by atoms with E-state index in [-0.39, 0.29) is 26.5 Å². The Hall–Kier alpha value is -0.820. The third-order valence-electron chi connectivity index (χ3n) is 2.01. The molecule has 0 fully saturated rings. The van der Waals surface area contributed by atoms with Gasteiger partial charge in [-0.25, -0.2) is 13.6 Å². The number of carbonyl (C=O) groups excluding carboxylic acids is 1. The molecule has 0 spiro atoms. The number of nitrogens with one attached hydrogen (secondary N) is 1. The summed E-state index contributed by atoms with van der Waals surface area (Å²) in [5.41, 5.74) is -0.0986. The van der Waals surface area contributed by atoms with Gasteiger partial charge in [-0.1, -0.05) is 23.2 Å². The highest BCUT2D eigenvalue weighted by molar-refractivity contribution is 7.89. The Morgan fingerprint density at radius 2 is 1.89 bits per heavy atom. The second-order valence-electron chi connectivity index (χ2n) is 3.91. The van der Waals surface area contributed by atoms with Crippen LogP contribution in [-0.2, 0) is 10.0 Å². The first-order valence-corrected chi connectivity index (χ1v) is 7.26. The Labute approximate surface area is 115 Å². The number of hydrogen-bond acceptors (Lipinski definition) is 3. The fraction of sp³-hybridized carbons (Fsp3) is 0.300. The fourth-order valence-corrected chi connectivity index (χ4v) is 2.77. The van der Waals surface area contributed by atoms with Gasteiger partial charge in [-0.3, -0.25) is 4.79 Å². The number of rotatable bonds is 3. The number of sulfonamides is 1. The average Bonchev–Trinajstić information content (AvgIpc) is 2.13. The van der Waals surface area contributed by atoms with Crippen molar-refractivity contribution in [1.82, 2.24) is 5.32 Å². The van der Waals surface area contributed by atoms with Crippen LogP contribution in [0.15, 0.2) is 17.0 Å². The van der Waals surface area contributed by atoms with E-state index in [0.29, 0.717) is 0 Å². The monoisotopic (exact) mass is 310 g/mol. The second-order valence-corrected chi connectivity index (χ2v) is 6.22. The molecule has 0 heterocycles. The van der Waals surface area contributed by atoms with Crippen molar-refractivity contribution < 1.29 is 13.2 Å². The van der Waals surface area contributed by atoms with Gasteiger partial charge >= 0.3 is 0 Å². The van der Waals surface area contributed by atoms with Crippen LogP contribution in [-0.4, -0.2) is 20.4 Å². The van der Waals surface area contributed by atoms with E-state index >= 15 is 0 Å². The van der Waals surface area contributed by atoms with Gasteiger partial charge in [0.25, 0.3) is 5.91 Å². The molecule has 0 bridgehead atoms. The lowest BCUT2D eigenvalue weighted by Crippen LogP contribution is -2.31. The quantitative estimate of drug-likeness (QED) is 0.891. The number of carbonyl (C=O) groups is 1. The van der Waals surface area contributed by atoms with Crippen molar-refractivity contribution in [3.05, 3.63) is 27.7 Å². The van der Waals surface area contributed by atoms with Gasteiger partial charge in [-0.05, 0) is 26.0 Å². The molecule has 1 rings (SSSR count). The van der Waals surface area contributed by atoms with E-state index in [1.165, 1.54) is 6.07 Å². The molecular formula is C10H12Cl2N2O3S. The van der Waals surface area contributed by atoms with Crippen molar-refractivity contribution >= 4 is 39.1 Å². The molecule has 18 heavy (non-hydrogen) atoms. The first-order valence-electron chi connectivity index (χ1n) is 4.96. The standard InChI is InChI=1S/C10H12Cl2N2O3S/c1-5(2)14-10(15)8-6(11)3-4-7(9(8)12)18(13,16)17/h3-5H,1-2H3,(H,14,15)(H2,13,16,17). The molecule has 0 aliphatic heterocycles. The topological polar surface area (TPSA) is 89.3 Å². The van der Waals surface area contributed by atoms with Crippen LogP contribution in [0.1, 0.15) is 24.2 Å². The zero-order valence-corrected chi connectivity index (χ0v) is 12.0. The number of benzene rings is 1. The van der Waals surface area contributed by atoms with Crippen molar-refractivity contribution in [1.29, 1.82) is 0 Å². The first-order chi connectivity index (χ1) is 8.14. The van der Waals surface area contributed by atoms with Crippen molar-refractivity contribution in [2.75, 3.05) is 0 Å². The van der Waals surface area contributed by atoms with Crippen LogP contribution in [0, 0.1) is 0 Å². The van der Waals surface area contributed by atoms with Crippen LogP contribution in [0.3, 0.4) is 0 Å². The van der Waals surface area contributed by atoms with Crippen LogP contribution in [0.4, 0.5) is 0 Å². The Kier molecular flexibility index (Phi) is 4.61. The molecule has 0 aromatic heterocycles. The molecule has 8 heteroatoms. The molecule has 0 atom stereocenters. The molecule has 0 saturated heterocycles. The van der Waals surface area contributed by atoms with E-state index in [9.17, 15) is 13.2 Å². The van der Waals surface area contributed by atoms with Crippen LogP contribution >= 0.6 is 23.2 Å². The summed E-state index contributed by atoms with van der Waals surface area (Å²) in [5, 5.41) is 7.35. The number of halogens is 2. The molecule has 0 aliphatic carbocycles. The molecule has 1 aromatic carbocycles. The van der Waals surface area contributed by atoms with E-state index < -0.39 is 15.9 Å². The summed E-state index contributed by atoms with van der Waals surface area (Å²) in [6.45, 7) is 3.51. The normalized spacial score (nSPS) is 11.7. The zero-order valence-electron chi connectivity index (χ0n) is 9.70. The molecule has 100 valence electrons. The lowest BCUT2D eigenvalue weighted by atomic mass is 10.2. The molecule has 0 saturated carbocycles. The van der Waals surface area contributed by atoms with Crippen LogP contribution in [0.2, 0.25) is 10.0 Å². The smallest absolute Gasteiger partial charge is 0.254 e. The largest absolute Gasteiger partial charge is 0.350 e.